The number of benzene rings is 1. The Bertz CT molecular complexity index is 811. The summed E-state index contributed by atoms with van der Waals surface area (Å²) in [6.45, 7) is 2.32. The lowest BCUT2D eigenvalue weighted by molar-refractivity contribution is -0.120. The van der Waals surface area contributed by atoms with Crippen LogP contribution in [-0.4, -0.2) is 15.9 Å². The molecule has 2 N–H and O–H groups in total. The van der Waals surface area contributed by atoms with Gasteiger partial charge in [-0.3, -0.25) is 9.78 Å². The van der Waals surface area contributed by atoms with Gasteiger partial charge in [0.25, 0.3) is 0 Å². The topological polar surface area (TPSA) is 57.8 Å². The largest absolute Gasteiger partial charge is 0.358 e. The molecule has 0 saturated heterocycles. The van der Waals surface area contributed by atoms with E-state index >= 15 is 0 Å². The van der Waals surface area contributed by atoms with Crippen LogP contribution in [0.4, 0.5) is 4.39 Å². The van der Waals surface area contributed by atoms with Crippen molar-refractivity contribution in [1.29, 1.82) is 0 Å². The second-order valence-corrected chi connectivity index (χ2v) is 5.23. The summed E-state index contributed by atoms with van der Waals surface area (Å²) in [4.78, 5) is 19.3. The second-order valence-electron chi connectivity index (χ2n) is 5.23. The van der Waals surface area contributed by atoms with Crippen molar-refractivity contribution in [3.63, 3.8) is 0 Å². The van der Waals surface area contributed by atoms with E-state index < -0.39 is 0 Å². The van der Waals surface area contributed by atoms with Gasteiger partial charge < -0.3 is 10.3 Å². The third kappa shape index (κ3) is 2.98. The standard InChI is InChI=1S/C17H16FN3O/c1-11-14(15-7-13(18)4-5-16(15)21-11)8-17(22)20-10-12-3-2-6-19-9-12/h2-7,9,21H,8,10H2,1H3,(H,20,22). The Labute approximate surface area is 127 Å². The number of aryl methyl sites for hydroxylation is 1. The first-order valence-electron chi connectivity index (χ1n) is 7.06. The van der Waals surface area contributed by atoms with Crippen molar-refractivity contribution in [3.8, 4) is 0 Å². The van der Waals surface area contributed by atoms with Crippen LogP contribution >= 0.6 is 0 Å². The zero-order valence-corrected chi connectivity index (χ0v) is 12.2. The van der Waals surface area contributed by atoms with Gasteiger partial charge in [0.2, 0.25) is 5.91 Å². The zero-order chi connectivity index (χ0) is 15.5. The Hall–Kier alpha value is -2.69. The van der Waals surface area contributed by atoms with E-state index in [2.05, 4.69) is 15.3 Å². The average molecular weight is 297 g/mol. The summed E-state index contributed by atoms with van der Waals surface area (Å²) in [6, 6.07) is 8.29. The van der Waals surface area contributed by atoms with Crippen molar-refractivity contribution < 1.29 is 9.18 Å². The van der Waals surface area contributed by atoms with E-state index in [-0.39, 0.29) is 18.1 Å². The Morgan fingerprint density at radius 3 is 3.00 bits per heavy atom. The average Bonchev–Trinajstić information content (AvgIpc) is 2.82. The van der Waals surface area contributed by atoms with Crippen LogP contribution in [0.1, 0.15) is 16.8 Å². The van der Waals surface area contributed by atoms with Gasteiger partial charge >= 0.3 is 0 Å². The maximum absolute atomic E-state index is 13.4. The smallest absolute Gasteiger partial charge is 0.224 e. The van der Waals surface area contributed by atoms with Gasteiger partial charge in [-0.15, -0.1) is 0 Å². The summed E-state index contributed by atoms with van der Waals surface area (Å²) in [6.07, 6.45) is 3.62. The summed E-state index contributed by atoms with van der Waals surface area (Å²) < 4.78 is 13.4. The molecule has 0 fully saturated rings. The van der Waals surface area contributed by atoms with E-state index in [1.807, 2.05) is 19.1 Å². The lowest BCUT2D eigenvalue weighted by Gasteiger charge is -2.05. The third-order valence-electron chi connectivity index (χ3n) is 3.63. The van der Waals surface area contributed by atoms with E-state index in [4.69, 9.17) is 0 Å². The molecule has 0 saturated carbocycles. The SMILES string of the molecule is Cc1[nH]c2ccc(F)cc2c1CC(=O)NCc1cccnc1. The number of nitrogens with one attached hydrogen (secondary N) is 2. The first kappa shape index (κ1) is 14.3. The van der Waals surface area contributed by atoms with Gasteiger partial charge in [0.15, 0.2) is 0 Å². The number of carbonyl (C=O) groups is 1. The molecular formula is C17H16FN3O. The fraction of sp³-hybridized carbons (Fsp3) is 0.176. The van der Waals surface area contributed by atoms with Crippen LogP contribution in [0.15, 0.2) is 42.7 Å². The van der Waals surface area contributed by atoms with Crippen molar-refractivity contribution >= 4 is 16.8 Å². The number of pyridine rings is 1. The molecule has 4 nitrogen and oxygen atoms in total. The molecule has 0 aliphatic carbocycles. The zero-order valence-electron chi connectivity index (χ0n) is 12.2. The first-order valence-corrected chi connectivity index (χ1v) is 7.06. The number of hydrogen-bond donors (Lipinski definition) is 2. The number of halogens is 1. The predicted molar refractivity (Wildman–Crippen MR) is 82.8 cm³/mol. The van der Waals surface area contributed by atoms with Gasteiger partial charge in [-0.1, -0.05) is 6.07 Å². The molecule has 2 heterocycles. The van der Waals surface area contributed by atoms with Crippen LogP contribution in [0.2, 0.25) is 0 Å². The van der Waals surface area contributed by atoms with E-state index in [0.29, 0.717) is 6.54 Å². The molecule has 0 aliphatic rings. The van der Waals surface area contributed by atoms with Crippen molar-refractivity contribution in [1.82, 2.24) is 15.3 Å². The number of rotatable bonds is 4. The monoisotopic (exact) mass is 297 g/mol. The van der Waals surface area contributed by atoms with Crippen LogP contribution in [0.5, 0.6) is 0 Å². The van der Waals surface area contributed by atoms with E-state index in [9.17, 15) is 9.18 Å². The molecule has 0 atom stereocenters. The molecule has 22 heavy (non-hydrogen) atoms. The minimum absolute atomic E-state index is 0.0999. The molecule has 2 aromatic heterocycles. The number of aromatic nitrogens is 2. The minimum atomic E-state index is -0.302. The number of amides is 1. The van der Waals surface area contributed by atoms with E-state index in [0.717, 1.165) is 27.7 Å². The van der Waals surface area contributed by atoms with Crippen LogP contribution in [0.25, 0.3) is 10.9 Å². The fourth-order valence-corrected chi connectivity index (χ4v) is 2.51. The highest BCUT2D eigenvalue weighted by Gasteiger charge is 2.13. The van der Waals surface area contributed by atoms with Crippen LogP contribution in [-0.2, 0) is 17.8 Å². The van der Waals surface area contributed by atoms with Gasteiger partial charge in [0.05, 0.1) is 6.42 Å². The molecule has 3 aromatic rings. The summed E-state index contributed by atoms with van der Waals surface area (Å²) in [5, 5.41) is 3.62. The summed E-state index contributed by atoms with van der Waals surface area (Å²) in [7, 11) is 0. The highest BCUT2D eigenvalue weighted by Crippen LogP contribution is 2.23. The second kappa shape index (κ2) is 5.97. The Kier molecular flexibility index (Phi) is 3.87. The quantitative estimate of drug-likeness (QED) is 0.778. The molecular weight excluding hydrogens is 281 g/mol. The van der Waals surface area contributed by atoms with Gasteiger partial charge in [-0.25, -0.2) is 4.39 Å². The van der Waals surface area contributed by atoms with Crippen molar-refractivity contribution in [2.45, 2.75) is 19.9 Å². The Morgan fingerprint density at radius 2 is 2.23 bits per heavy atom. The Morgan fingerprint density at radius 1 is 1.36 bits per heavy atom. The number of carbonyl (C=O) groups excluding carboxylic acids is 1. The molecule has 0 radical (unpaired) electrons. The molecule has 0 aliphatic heterocycles. The maximum atomic E-state index is 13.4. The van der Waals surface area contributed by atoms with Crippen molar-refractivity contribution in [3.05, 3.63) is 65.4 Å². The lowest BCUT2D eigenvalue weighted by Crippen LogP contribution is -2.24. The number of fused-ring (bicyclic) bond motifs is 1. The van der Waals surface area contributed by atoms with Crippen LogP contribution in [0, 0.1) is 12.7 Å². The summed E-state index contributed by atoms with van der Waals surface area (Å²) in [5.74, 6) is -0.402. The normalized spacial score (nSPS) is 10.8. The predicted octanol–water partition coefficient (Wildman–Crippen LogP) is 2.87. The van der Waals surface area contributed by atoms with Gasteiger partial charge in [0.1, 0.15) is 5.82 Å². The number of H-pyrrole nitrogens is 1. The van der Waals surface area contributed by atoms with Crippen molar-refractivity contribution in [2.75, 3.05) is 0 Å². The molecule has 0 spiro atoms. The first-order chi connectivity index (χ1) is 10.6. The van der Waals surface area contributed by atoms with Crippen LogP contribution < -0.4 is 5.32 Å². The lowest BCUT2D eigenvalue weighted by atomic mass is 10.1. The third-order valence-corrected chi connectivity index (χ3v) is 3.63. The fourth-order valence-electron chi connectivity index (χ4n) is 2.51. The molecule has 5 heteroatoms. The minimum Gasteiger partial charge on any atom is -0.358 e. The summed E-state index contributed by atoms with van der Waals surface area (Å²) >= 11 is 0. The highest BCUT2D eigenvalue weighted by molar-refractivity contribution is 5.90. The number of aromatic amines is 1. The molecule has 1 amide bonds. The van der Waals surface area contributed by atoms with Gasteiger partial charge in [-0.2, -0.15) is 0 Å². The molecule has 112 valence electrons. The molecule has 1 aromatic carbocycles. The Balaban J connectivity index is 1.74. The number of nitrogens with zero attached hydrogens (tertiary/aromatic N) is 1. The van der Waals surface area contributed by atoms with E-state index in [1.54, 1.807) is 18.5 Å². The van der Waals surface area contributed by atoms with Gasteiger partial charge in [0, 0.05) is 35.5 Å². The molecule has 3 rings (SSSR count). The number of hydrogen-bond acceptors (Lipinski definition) is 2. The molecule has 0 unspecified atom stereocenters. The molecule has 0 bridgehead atoms. The van der Waals surface area contributed by atoms with Crippen LogP contribution in [0.3, 0.4) is 0 Å². The van der Waals surface area contributed by atoms with E-state index in [1.165, 1.54) is 12.1 Å². The van der Waals surface area contributed by atoms with Gasteiger partial charge in [-0.05, 0) is 42.3 Å². The highest BCUT2D eigenvalue weighted by atomic mass is 19.1. The van der Waals surface area contributed by atoms with Crippen molar-refractivity contribution in [2.24, 2.45) is 0 Å². The maximum Gasteiger partial charge on any atom is 0.224 e. The summed E-state index contributed by atoms with van der Waals surface area (Å²) in [5.41, 5.74) is 3.50.